The van der Waals surface area contributed by atoms with Crippen molar-refractivity contribution in [2.45, 2.75) is 38.5 Å². The molecule has 1 rings (SSSR count). The maximum Gasteiger partial charge on any atom is 0.306 e. The summed E-state index contributed by atoms with van der Waals surface area (Å²) in [6.07, 6.45) is 7.92. The molecule has 0 amide bonds. The van der Waals surface area contributed by atoms with Gasteiger partial charge in [0.25, 0.3) is 0 Å². The van der Waals surface area contributed by atoms with E-state index in [1.54, 1.807) is 0 Å². The van der Waals surface area contributed by atoms with Crippen LogP contribution < -0.4 is 0 Å². The van der Waals surface area contributed by atoms with Gasteiger partial charge in [-0.05, 0) is 38.5 Å². The average Bonchev–Trinajstić information content (AvgIpc) is 2.37. The predicted octanol–water partition coefficient (Wildman–Crippen LogP) is 3.10. The molecule has 0 unspecified atom stereocenters. The van der Waals surface area contributed by atoms with Gasteiger partial charge in [-0.15, -0.1) is 13.2 Å². The highest BCUT2D eigenvalue weighted by atomic mass is 16.4. The first-order chi connectivity index (χ1) is 8.52. The molecule has 1 fully saturated rings. The first-order valence-corrected chi connectivity index (χ1v) is 6.20. The molecule has 2 N–H and O–H groups in total. The van der Waals surface area contributed by atoms with Gasteiger partial charge in [-0.3, -0.25) is 9.59 Å². The van der Waals surface area contributed by atoms with Crippen LogP contribution >= 0.6 is 0 Å². The number of carboxylic acid groups (broad SMARTS) is 2. The van der Waals surface area contributed by atoms with E-state index in [0.717, 1.165) is 12.8 Å². The average molecular weight is 254 g/mol. The lowest BCUT2D eigenvalue weighted by atomic mass is 9.82. The Labute approximate surface area is 108 Å². The molecular weight excluding hydrogens is 232 g/mol. The first-order valence-electron chi connectivity index (χ1n) is 6.20. The number of hydrogen-bond acceptors (Lipinski definition) is 2. The molecule has 0 atom stereocenters. The van der Waals surface area contributed by atoms with Crippen LogP contribution in [0.1, 0.15) is 38.5 Å². The molecule has 1 aliphatic rings. The molecule has 0 radical (unpaired) electrons. The quantitative estimate of drug-likeness (QED) is 0.584. The number of allylic oxidation sites excluding steroid dienone is 2. The van der Waals surface area contributed by atoms with Crippen LogP contribution in [-0.2, 0) is 9.59 Å². The van der Waals surface area contributed by atoms with Gasteiger partial charge >= 0.3 is 11.9 Å². The van der Waals surface area contributed by atoms with Crippen molar-refractivity contribution in [1.82, 2.24) is 0 Å². The van der Waals surface area contributed by atoms with Crippen LogP contribution in [0.2, 0.25) is 0 Å². The van der Waals surface area contributed by atoms with E-state index in [2.05, 4.69) is 13.2 Å². The highest BCUT2D eigenvalue weighted by molar-refractivity contribution is 5.72. The van der Waals surface area contributed by atoms with Gasteiger partial charge in [-0.25, -0.2) is 0 Å². The van der Waals surface area contributed by atoms with E-state index < -0.39 is 11.9 Å². The second kappa shape index (κ2) is 9.45. The fraction of sp³-hybridized carbons (Fsp3) is 0.571. The molecule has 1 aliphatic carbocycles. The van der Waals surface area contributed by atoms with Crippen molar-refractivity contribution < 1.29 is 19.8 Å². The molecule has 4 heteroatoms. The largest absolute Gasteiger partial charge is 0.481 e. The molecule has 18 heavy (non-hydrogen) atoms. The van der Waals surface area contributed by atoms with Crippen LogP contribution in [-0.4, -0.2) is 22.2 Å². The van der Waals surface area contributed by atoms with Gasteiger partial charge in [0.2, 0.25) is 0 Å². The molecule has 0 saturated heterocycles. The van der Waals surface area contributed by atoms with Gasteiger partial charge < -0.3 is 10.2 Å². The number of hydrogen-bond donors (Lipinski definition) is 2. The molecule has 0 heterocycles. The van der Waals surface area contributed by atoms with Crippen molar-refractivity contribution in [2.75, 3.05) is 0 Å². The number of carboxylic acids is 2. The molecule has 0 spiro atoms. The second-order valence-electron chi connectivity index (χ2n) is 4.38. The standard InChI is InChI=1S/C8H12O4.C6H10/c9-7(10)5-1-2-6(4-3-5)8(11)12;1-3-5-6-4-2/h5-6H,1-4H2,(H,9,10)(H,11,12);3-4H,1-2,5-6H2. The smallest absolute Gasteiger partial charge is 0.306 e. The Morgan fingerprint density at radius 3 is 1.33 bits per heavy atom. The summed E-state index contributed by atoms with van der Waals surface area (Å²) in [5, 5.41) is 17.2. The number of carbonyl (C=O) groups is 2. The van der Waals surface area contributed by atoms with Crippen molar-refractivity contribution in [3.05, 3.63) is 25.3 Å². The number of aliphatic carboxylic acids is 2. The fourth-order valence-corrected chi connectivity index (χ4v) is 1.82. The molecule has 102 valence electrons. The van der Waals surface area contributed by atoms with Crippen molar-refractivity contribution >= 4 is 11.9 Å². The summed E-state index contributed by atoms with van der Waals surface area (Å²) in [5.41, 5.74) is 0. The highest BCUT2D eigenvalue weighted by Crippen LogP contribution is 2.28. The first kappa shape index (κ1) is 16.4. The van der Waals surface area contributed by atoms with E-state index in [1.165, 1.54) is 0 Å². The lowest BCUT2D eigenvalue weighted by molar-refractivity contribution is -0.148. The van der Waals surface area contributed by atoms with Crippen molar-refractivity contribution in [2.24, 2.45) is 11.8 Å². The SMILES string of the molecule is C=CCCC=C.O=C(O)C1CCC(C(=O)O)CC1. The maximum absolute atomic E-state index is 10.5. The molecule has 0 aliphatic heterocycles. The summed E-state index contributed by atoms with van der Waals surface area (Å²) in [4.78, 5) is 21.0. The van der Waals surface area contributed by atoms with Crippen LogP contribution in [0, 0.1) is 11.8 Å². The zero-order chi connectivity index (χ0) is 14.0. The summed E-state index contributed by atoms with van der Waals surface area (Å²) < 4.78 is 0. The third kappa shape index (κ3) is 6.89. The van der Waals surface area contributed by atoms with Crippen LogP contribution in [0.3, 0.4) is 0 Å². The molecular formula is C14H22O4. The van der Waals surface area contributed by atoms with Gasteiger partial charge in [-0.1, -0.05) is 12.2 Å². The molecule has 0 aromatic carbocycles. The van der Waals surface area contributed by atoms with E-state index >= 15 is 0 Å². The lowest BCUT2D eigenvalue weighted by Crippen LogP contribution is -2.25. The minimum Gasteiger partial charge on any atom is -0.481 e. The summed E-state index contributed by atoms with van der Waals surface area (Å²) in [6.45, 7) is 7.10. The fourth-order valence-electron chi connectivity index (χ4n) is 1.82. The number of unbranched alkanes of at least 4 members (excludes halogenated alkanes) is 1. The Kier molecular flexibility index (Phi) is 8.62. The van der Waals surface area contributed by atoms with Gasteiger partial charge in [0, 0.05) is 0 Å². The summed E-state index contributed by atoms with van der Waals surface area (Å²) in [7, 11) is 0. The topological polar surface area (TPSA) is 74.6 Å². The Bertz CT molecular complexity index is 258. The monoisotopic (exact) mass is 254 g/mol. The Balaban J connectivity index is 0.000000411. The molecule has 0 aromatic rings. The second-order valence-corrected chi connectivity index (χ2v) is 4.38. The van der Waals surface area contributed by atoms with E-state index in [1.807, 2.05) is 12.2 Å². The van der Waals surface area contributed by atoms with E-state index in [4.69, 9.17) is 10.2 Å². The van der Waals surface area contributed by atoms with E-state index in [0.29, 0.717) is 25.7 Å². The zero-order valence-corrected chi connectivity index (χ0v) is 10.7. The Morgan fingerprint density at radius 1 is 0.889 bits per heavy atom. The Hall–Kier alpha value is -1.58. The van der Waals surface area contributed by atoms with Crippen LogP contribution in [0.15, 0.2) is 25.3 Å². The zero-order valence-electron chi connectivity index (χ0n) is 10.7. The predicted molar refractivity (Wildman–Crippen MR) is 70.3 cm³/mol. The lowest BCUT2D eigenvalue weighted by Gasteiger charge is -2.22. The van der Waals surface area contributed by atoms with Gasteiger partial charge in [0.15, 0.2) is 0 Å². The summed E-state index contributed by atoms with van der Waals surface area (Å²) in [6, 6.07) is 0. The minimum absolute atomic E-state index is 0.319. The third-order valence-electron chi connectivity index (χ3n) is 3.00. The third-order valence-corrected chi connectivity index (χ3v) is 3.00. The van der Waals surface area contributed by atoms with Crippen molar-refractivity contribution in [3.63, 3.8) is 0 Å². The highest BCUT2D eigenvalue weighted by Gasteiger charge is 2.29. The van der Waals surface area contributed by atoms with Gasteiger partial charge in [0.1, 0.15) is 0 Å². The molecule has 0 aromatic heterocycles. The van der Waals surface area contributed by atoms with Crippen molar-refractivity contribution in [1.29, 1.82) is 0 Å². The summed E-state index contributed by atoms with van der Waals surface area (Å²) in [5.74, 6) is -2.22. The van der Waals surface area contributed by atoms with Crippen LogP contribution in [0.4, 0.5) is 0 Å². The molecule has 0 bridgehead atoms. The van der Waals surface area contributed by atoms with Crippen LogP contribution in [0.25, 0.3) is 0 Å². The molecule has 1 saturated carbocycles. The number of rotatable bonds is 5. The normalized spacial score (nSPS) is 22.2. The maximum atomic E-state index is 10.5. The van der Waals surface area contributed by atoms with E-state index in [-0.39, 0.29) is 11.8 Å². The van der Waals surface area contributed by atoms with Crippen molar-refractivity contribution in [3.8, 4) is 0 Å². The van der Waals surface area contributed by atoms with Crippen LogP contribution in [0.5, 0.6) is 0 Å². The minimum atomic E-state index is -0.793. The van der Waals surface area contributed by atoms with Gasteiger partial charge in [-0.2, -0.15) is 0 Å². The molecule has 4 nitrogen and oxygen atoms in total. The summed E-state index contributed by atoms with van der Waals surface area (Å²) >= 11 is 0. The van der Waals surface area contributed by atoms with Gasteiger partial charge in [0.05, 0.1) is 11.8 Å². The Morgan fingerprint density at radius 2 is 1.17 bits per heavy atom. The van der Waals surface area contributed by atoms with E-state index in [9.17, 15) is 9.59 Å².